The van der Waals surface area contributed by atoms with E-state index in [0.29, 0.717) is 13.0 Å². The first-order valence-corrected chi connectivity index (χ1v) is 9.43. The zero-order valence-corrected chi connectivity index (χ0v) is 14.8. The summed E-state index contributed by atoms with van der Waals surface area (Å²) in [7, 11) is 0. The van der Waals surface area contributed by atoms with E-state index in [1.807, 2.05) is 0 Å². The van der Waals surface area contributed by atoms with Gasteiger partial charge < -0.3 is 20.1 Å². The highest BCUT2D eigenvalue weighted by Crippen LogP contribution is 2.33. The standard InChI is InChI=1S/C20H32O4/c1-2-3-4-5-6-8-16(21)9-7-10-18-12-15-11-17(22)13-20(23)19(15)14-24-18/h11,13,16,18,21-23H,2-10,12,14H2,1H3. The minimum absolute atomic E-state index is 0.102. The Bertz CT molecular complexity index is 501. The van der Waals surface area contributed by atoms with Gasteiger partial charge in [-0.25, -0.2) is 0 Å². The van der Waals surface area contributed by atoms with Crippen molar-refractivity contribution in [2.45, 2.75) is 89.9 Å². The fraction of sp³-hybridized carbons (Fsp3) is 0.700. The van der Waals surface area contributed by atoms with Crippen molar-refractivity contribution in [3.8, 4) is 11.5 Å². The van der Waals surface area contributed by atoms with E-state index in [-0.39, 0.29) is 23.7 Å². The first-order chi connectivity index (χ1) is 11.6. The second-order valence-corrected chi connectivity index (χ2v) is 7.03. The lowest BCUT2D eigenvalue weighted by atomic mass is 9.94. The van der Waals surface area contributed by atoms with Crippen molar-refractivity contribution in [2.24, 2.45) is 0 Å². The number of ether oxygens (including phenoxy) is 1. The summed E-state index contributed by atoms with van der Waals surface area (Å²) in [5.41, 5.74) is 1.76. The van der Waals surface area contributed by atoms with Crippen LogP contribution in [0.4, 0.5) is 0 Å². The monoisotopic (exact) mass is 336 g/mol. The molecule has 0 fully saturated rings. The minimum atomic E-state index is -0.199. The van der Waals surface area contributed by atoms with E-state index in [1.54, 1.807) is 6.07 Å². The average Bonchev–Trinajstić information content (AvgIpc) is 2.54. The number of unbranched alkanes of at least 4 members (excludes halogenated alkanes) is 4. The highest BCUT2D eigenvalue weighted by molar-refractivity contribution is 5.46. The van der Waals surface area contributed by atoms with Gasteiger partial charge in [-0.05, 0) is 43.7 Å². The maximum atomic E-state index is 10.1. The molecule has 0 aromatic heterocycles. The average molecular weight is 336 g/mol. The van der Waals surface area contributed by atoms with Crippen molar-refractivity contribution >= 4 is 0 Å². The predicted molar refractivity (Wildman–Crippen MR) is 95.3 cm³/mol. The van der Waals surface area contributed by atoms with Gasteiger partial charge >= 0.3 is 0 Å². The van der Waals surface area contributed by atoms with Gasteiger partial charge in [0.25, 0.3) is 0 Å². The Morgan fingerprint density at radius 2 is 1.83 bits per heavy atom. The van der Waals surface area contributed by atoms with Crippen molar-refractivity contribution < 1.29 is 20.1 Å². The molecular weight excluding hydrogens is 304 g/mol. The normalized spacial score (nSPS) is 18.3. The van der Waals surface area contributed by atoms with Crippen molar-refractivity contribution in [1.82, 2.24) is 0 Å². The van der Waals surface area contributed by atoms with Gasteiger partial charge in [0.05, 0.1) is 18.8 Å². The molecule has 1 aliphatic heterocycles. The van der Waals surface area contributed by atoms with E-state index in [9.17, 15) is 15.3 Å². The summed E-state index contributed by atoms with van der Waals surface area (Å²) in [6, 6.07) is 3.08. The van der Waals surface area contributed by atoms with Crippen molar-refractivity contribution in [1.29, 1.82) is 0 Å². The zero-order chi connectivity index (χ0) is 17.4. The van der Waals surface area contributed by atoms with Gasteiger partial charge in [-0.3, -0.25) is 0 Å². The van der Waals surface area contributed by atoms with E-state index in [0.717, 1.165) is 43.2 Å². The number of aromatic hydroxyl groups is 2. The molecule has 4 nitrogen and oxygen atoms in total. The van der Waals surface area contributed by atoms with Crippen molar-refractivity contribution in [2.75, 3.05) is 0 Å². The molecule has 1 aliphatic rings. The van der Waals surface area contributed by atoms with Crippen LogP contribution in [-0.2, 0) is 17.8 Å². The Morgan fingerprint density at radius 1 is 1.08 bits per heavy atom. The summed E-state index contributed by atoms with van der Waals surface area (Å²) < 4.78 is 5.81. The lowest BCUT2D eigenvalue weighted by Gasteiger charge is -2.26. The Balaban J connectivity index is 1.65. The molecule has 136 valence electrons. The maximum absolute atomic E-state index is 10.1. The molecule has 2 atom stereocenters. The maximum Gasteiger partial charge on any atom is 0.125 e. The molecule has 0 aliphatic carbocycles. The van der Waals surface area contributed by atoms with Crippen LogP contribution in [0.1, 0.15) is 75.8 Å². The van der Waals surface area contributed by atoms with E-state index in [1.165, 1.54) is 31.7 Å². The quantitative estimate of drug-likeness (QED) is 0.553. The lowest BCUT2D eigenvalue weighted by molar-refractivity contribution is 0.0180. The number of rotatable bonds is 10. The highest BCUT2D eigenvalue weighted by Gasteiger charge is 2.22. The fourth-order valence-corrected chi connectivity index (χ4v) is 3.45. The highest BCUT2D eigenvalue weighted by atomic mass is 16.5. The van der Waals surface area contributed by atoms with E-state index in [4.69, 9.17) is 4.74 Å². The topological polar surface area (TPSA) is 69.9 Å². The van der Waals surface area contributed by atoms with E-state index >= 15 is 0 Å². The molecule has 1 aromatic carbocycles. The summed E-state index contributed by atoms with van der Waals surface area (Å²) in [5.74, 6) is 0.215. The third kappa shape index (κ3) is 5.99. The summed E-state index contributed by atoms with van der Waals surface area (Å²) in [4.78, 5) is 0. The van der Waals surface area contributed by atoms with Crippen LogP contribution in [-0.4, -0.2) is 27.5 Å². The van der Waals surface area contributed by atoms with Crippen LogP contribution in [0.2, 0.25) is 0 Å². The van der Waals surface area contributed by atoms with Gasteiger partial charge in [-0.2, -0.15) is 0 Å². The number of benzene rings is 1. The third-order valence-corrected chi connectivity index (χ3v) is 4.92. The van der Waals surface area contributed by atoms with Crippen LogP contribution < -0.4 is 0 Å². The Hall–Kier alpha value is -1.26. The van der Waals surface area contributed by atoms with Gasteiger partial charge in [-0.1, -0.05) is 39.0 Å². The number of phenolic OH excluding ortho intramolecular Hbond substituents is 2. The molecule has 2 rings (SSSR count). The van der Waals surface area contributed by atoms with Crippen LogP contribution in [0.5, 0.6) is 11.5 Å². The number of aliphatic hydroxyl groups is 1. The first-order valence-electron chi connectivity index (χ1n) is 9.43. The van der Waals surface area contributed by atoms with Gasteiger partial charge in [0.15, 0.2) is 0 Å². The summed E-state index contributed by atoms with van der Waals surface area (Å²) in [6.07, 6.45) is 10.4. The minimum Gasteiger partial charge on any atom is -0.508 e. The Morgan fingerprint density at radius 3 is 2.62 bits per heavy atom. The molecule has 0 spiro atoms. The van der Waals surface area contributed by atoms with Crippen LogP contribution in [0.15, 0.2) is 12.1 Å². The molecule has 0 saturated heterocycles. The zero-order valence-electron chi connectivity index (χ0n) is 14.8. The van der Waals surface area contributed by atoms with Crippen molar-refractivity contribution in [3.05, 3.63) is 23.3 Å². The number of aliphatic hydroxyl groups excluding tert-OH is 1. The van der Waals surface area contributed by atoms with Crippen LogP contribution >= 0.6 is 0 Å². The predicted octanol–water partition coefficient (Wildman–Crippen LogP) is 4.43. The summed E-state index contributed by atoms with van der Waals surface area (Å²) in [6.45, 7) is 2.61. The lowest BCUT2D eigenvalue weighted by Crippen LogP contribution is -2.23. The fourth-order valence-electron chi connectivity index (χ4n) is 3.45. The molecule has 2 unspecified atom stereocenters. The van der Waals surface area contributed by atoms with Crippen LogP contribution in [0.25, 0.3) is 0 Å². The summed E-state index contributed by atoms with van der Waals surface area (Å²) in [5, 5.41) is 29.5. The van der Waals surface area contributed by atoms with Crippen molar-refractivity contribution in [3.63, 3.8) is 0 Å². The second kappa shape index (κ2) is 9.90. The Kier molecular flexibility index (Phi) is 7.86. The van der Waals surface area contributed by atoms with Gasteiger partial charge in [-0.15, -0.1) is 0 Å². The van der Waals surface area contributed by atoms with Crippen LogP contribution in [0.3, 0.4) is 0 Å². The second-order valence-electron chi connectivity index (χ2n) is 7.03. The van der Waals surface area contributed by atoms with Gasteiger partial charge in [0.2, 0.25) is 0 Å². The SMILES string of the molecule is CCCCCCCC(O)CCCC1Cc2cc(O)cc(O)c2CO1. The summed E-state index contributed by atoms with van der Waals surface area (Å²) >= 11 is 0. The molecule has 24 heavy (non-hydrogen) atoms. The first kappa shape index (κ1) is 19.1. The molecule has 0 radical (unpaired) electrons. The molecule has 0 bridgehead atoms. The Labute approximate surface area is 145 Å². The largest absolute Gasteiger partial charge is 0.508 e. The molecular formula is C20H32O4. The number of hydrogen-bond donors (Lipinski definition) is 3. The molecule has 0 saturated carbocycles. The molecule has 1 heterocycles. The van der Waals surface area contributed by atoms with E-state index < -0.39 is 0 Å². The number of hydrogen-bond acceptors (Lipinski definition) is 4. The number of phenols is 2. The molecule has 3 N–H and O–H groups in total. The molecule has 1 aromatic rings. The molecule has 0 amide bonds. The molecule has 4 heteroatoms. The number of fused-ring (bicyclic) bond motifs is 1. The van der Waals surface area contributed by atoms with Gasteiger partial charge in [0, 0.05) is 11.6 Å². The van der Waals surface area contributed by atoms with E-state index in [2.05, 4.69) is 6.92 Å². The third-order valence-electron chi connectivity index (χ3n) is 4.92. The van der Waals surface area contributed by atoms with Crippen LogP contribution in [0, 0.1) is 0 Å². The van der Waals surface area contributed by atoms with Gasteiger partial charge in [0.1, 0.15) is 11.5 Å². The smallest absolute Gasteiger partial charge is 0.125 e.